The molecule has 0 aliphatic carbocycles. The Kier molecular flexibility index (Phi) is 4.58. The molecule has 1 aromatic heterocycles. The molecule has 0 bridgehead atoms. The highest BCUT2D eigenvalue weighted by Crippen LogP contribution is 2.17. The number of nitrogens with one attached hydrogen (secondary N) is 1. The van der Waals surface area contributed by atoms with Gasteiger partial charge in [-0.25, -0.2) is 9.67 Å². The summed E-state index contributed by atoms with van der Waals surface area (Å²) in [4.78, 5) is 6.93. The first-order valence-corrected chi connectivity index (χ1v) is 7.40. The van der Waals surface area contributed by atoms with E-state index < -0.39 is 0 Å². The van der Waals surface area contributed by atoms with Crippen molar-refractivity contribution in [2.75, 3.05) is 19.6 Å². The third kappa shape index (κ3) is 3.54. The molecule has 1 N–H and O–H groups in total. The molecular formula is C14H27N5. The Morgan fingerprint density at radius 2 is 2.26 bits per heavy atom. The van der Waals surface area contributed by atoms with Crippen LogP contribution in [0.5, 0.6) is 0 Å². The summed E-state index contributed by atoms with van der Waals surface area (Å²) in [5, 5.41) is 7.99. The van der Waals surface area contributed by atoms with E-state index in [1.54, 1.807) is 6.33 Å². The van der Waals surface area contributed by atoms with E-state index in [2.05, 4.69) is 48.0 Å². The second-order valence-corrected chi connectivity index (χ2v) is 6.12. The molecule has 2 rings (SSSR count). The fraction of sp³-hybridized carbons (Fsp3) is 0.857. The van der Waals surface area contributed by atoms with Crippen LogP contribution in [0, 0.1) is 0 Å². The average Bonchev–Trinajstić information content (AvgIpc) is 2.74. The third-order valence-corrected chi connectivity index (χ3v) is 4.06. The summed E-state index contributed by atoms with van der Waals surface area (Å²) in [5.74, 6) is 1.08. The highest BCUT2D eigenvalue weighted by molar-refractivity contribution is 4.92. The standard InChI is InChI=1S/C14H27N5/c1-5-14(4)10-18(8-6-7-16-14)9-13-15-11-17-19(13)12(2)3/h11-12,16H,5-10H2,1-4H3. The second-order valence-electron chi connectivity index (χ2n) is 6.12. The lowest BCUT2D eigenvalue weighted by Gasteiger charge is -2.32. The third-order valence-electron chi connectivity index (χ3n) is 4.06. The molecule has 108 valence electrons. The van der Waals surface area contributed by atoms with Gasteiger partial charge in [-0.3, -0.25) is 4.90 Å². The highest BCUT2D eigenvalue weighted by atomic mass is 15.4. The van der Waals surface area contributed by atoms with Crippen molar-refractivity contribution < 1.29 is 0 Å². The molecule has 1 aromatic rings. The fourth-order valence-electron chi connectivity index (χ4n) is 2.71. The highest BCUT2D eigenvalue weighted by Gasteiger charge is 2.27. The van der Waals surface area contributed by atoms with E-state index in [-0.39, 0.29) is 5.54 Å². The van der Waals surface area contributed by atoms with Crippen LogP contribution in [0.2, 0.25) is 0 Å². The summed E-state index contributed by atoms with van der Waals surface area (Å²) in [5.41, 5.74) is 0.221. The molecular weight excluding hydrogens is 238 g/mol. The Balaban J connectivity index is 2.06. The van der Waals surface area contributed by atoms with Crippen molar-refractivity contribution >= 4 is 0 Å². The van der Waals surface area contributed by atoms with Gasteiger partial charge in [-0.15, -0.1) is 0 Å². The zero-order valence-electron chi connectivity index (χ0n) is 12.7. The molecule has 0 saturated carbocycles. The summed E-state index contributed by atoms with van der Waals surface area (Å²) in [6.45, 7) is 13.1. The largest absolute Gasteiger partial charge is 0.310 e. The Bertz CT molecular complexity index is 400. The minimum absolute atomic E-state index is 0.221. The molecule has 1 aliphatic rings. The van der Waals surface area contributed by atoms with E-state index in [4.69, 9.17) is 0 Å². The quantitative estimate of drug-likeness (QED) is 0.902. The minimum atomic E-state index is 0.221. The molecule has 2 heterocycles. The molecule has 19 heavy (non-hydrogen) atoms. The van der Waals surface area contributed by atoms with Crippen LogP contribution in [0.25, 0.3) is 0 Å². The maximum atomic E-state index is 4.43. The first kappa shape index (κ1) is 14.5. The molecule has 0 amide bonds. The number of nitrogens with zero attached hydrogens (tertiary/aromatic N) is 4. The molecule has 1 aliphatic heterocycles. The van der Waals surface area contributed by atoms with Gasteiger partial charge < -0.3 is 5.32 Å². The van der Waals surface area contributed by atoms with E-state index in [0.717, 1.165) is 38.4 Å². The predicted molar refractivity (Wildman–Crippen MR) is 77.0 cm³/mol. The number of rotatable bonds is 4. The van der Waals surface area contributed by atoms with Crippen molar-refractivity contribution in [2.24, 2.45) is 0 Å². The van der Waals surface area contributed by atoms with Crippen LogP contribution in [0.4, 0.5) is 0 Å². The number of hydrogen-bond acceptors (Lipinski definition) is 4. The maximum Gasteiger partial charge on any atom is 0.141 e. The minimum Gasteiger partial charge on any atom is -0.310 e. The Hall–Kier alpha value is -0.940. The monoisotopic (exact) mass is 265 g/mol. The Morgan fingerprint density at radius 3 is 2.95 bits per heavy atom. The molecule has 5 nitrogen and oxygen atoms in total. The van der Waals surface area contributed by atoms with Crippen LogP contribution in [-0.4, -0.2) is 44.8 Å². The molecule has 1 unspecified atom stereocenters. The smallest absolute Gasteiger partial charge is 0.141 e. The van der Waals surface area contributed by atoms with Crippen LogP contribution < -0.4 is 5.32 Å². The number of aromatic nitrogens is 3. The van der Waals surface area contributed by atoms with Crippen LogP contribution in [0.15, 0.2) is 6.33 Å². The zero-order chi connectivity index (χ0) is 13.9. The van der Waals surface area contributed by atoms with E-state index in [9.17, 15) is 0 Å². The molecule has 1 atom stereocenters. The van der Waals surface area contributed by atoms with E-state index in [1.165, 1.54) is 6.42 Å². The molecule has 0 radical (unpaired) electrons. The van der Waals surface area contributed by atoms with Gasteiger partial charge in [0.05, 0.1) is 6.54 Å². The summed E-state index contributed by atoms with van der Waals surface area (Å²) >= 11 is 0. The average molecular weight is 265 g/mol. The lowest BCUT2D eigenvalue weighted by molar-refractivity contribution is 0.200. The second kappa shape index (κ2) is 6.01. The normalized spacial score (nSPS) is 25.7. The fourth-order valence-corrected chi connectivity index (χ4v) is 2.71. The SMILES string of the molecule is CCC1(C)CN(Cc2ncnn2C(C)C)CCCN1. The topological polar surface area (TPSA) is 46.0 Å². The molecule has 0 spiro atoms. The van der Waals surface area contributed by atoms with Gasteiger partial charge in [0.15, 0.2) is 0 Å². The van der Waals surface area contributed by atoms with E-state index in [0.29, 0.717) is 6.04 Å². The van der Waals surface area contributed by atoms with E-state index in [1.807, 2.05) is 4.68 Å². The molecule has 1 fully saturated rings. The van der Waals surface area contributed by atoms with Crippen molar-refractivity contribution in [3.8, 4) is 0 Å². The Labute approximate surface area is 116 Å². The van der Waals surface area contributed by atoms with Crippen LogP contribution >= 0.6 is 0 Å². The van der Waals surface area contributed by atoms with Crippen molar-refractivity contribution in [1.82, 2.24) is 25.0 Å². The molecule has 5 heteroatoms. The van der Waals surface area contributed by atoms with Crippen LogP contribution in [0.3, 0.4) is 0 Å². The molecule has 1 saturated heterocycles. The van der Waals surface area contributed by atoms with Gasteiger partial charge in [0.25, 0.3) is 0 Å². The van der Waals surface area contributed by atoms with Gasteiger partial charge in [-0.1, -0.05) is 6.92 Å². The number of hydrogen-bond donors (Lipinski definition) is 1. The lowest BCUT2D eigenvalue weighted by atomic mass is 9.98. The zero-order valence-corrected chi connectivity index (χ0v) is 12.7. The Morgan fingerprint density at radius 1 is 1.47 bits per heavy atom. The van der Waals surface area contributed by atoms with Gasteiger partial charge in [-0.05, 0) is 46.7 Å². The van der Waals surface area contributed by atoms with Gasteiger partial charge >= 0.3 is 0 Å². The van der Waals surface area contributed by atoms with Crippen LogP contribution in [-0.2, 0) is 6.54 Å². The summed E-state index contributed by atoms with van der Waals surface area (Å²) in [7, 11) is 0. The van der Waals surface area contributed by atoms with Gasteiger partial charge in [0, 0.05) is 18.1 Å². The first-order valence-electron chi connectivity index (χ1n) is 7.40. The first-order chi connectivity index (χ1) is 9.04. The maximum absolute atomic E-state index is 4.43. The van der Waals surface area contributed by atoms with Gasteiger partial charge in [-0.2, -0.15) is 5.10 Å². The summed E-state index contributed by atoms with van der Waals surface area (Å²) in [6.07, 6.45) is 4.02. The predicted octanol–water partition coefficient (Wildman–Crippen LogP) is 1.82. The lowest BCUT2D eigenvalue weighted by Crippen LogP contribution is -2.48. The van der Waals surface area contributed by atoms with E-state index >= 15 is 0 Å². The summed E-state index contributed by atoms with van der Waals surface area (Å²) in [6, 6.07) is 0.375. The van der Waals surface area contributed by atoms with Crippen LogP contribution in [0.1, 0.15) is 52.4 Å². The molecule has 0 aromatic carbocycles. The van der Waals surface area contributed by atoms with Gasteiger partial charge in [0.1, 0.15) is 12.2 Å². The summed E-state index contributed by atoms with van der Waals surface area (Å²) < 4.78 is 2.03. The van der Waals surface area contributed by atoms with Crippen molar-refractivity contribution in [1.29, 1.82) is 0 Å². The van der Waals surface area contributed by atoms with Gasteiger partial charge in [0.2, 0.25) is 0 Å². The van der Waals surface area contributed by atoms with Crippen molar-refractivity contribution in [2.45, 2.75) is 58.7 Å². The van der Waals surface area contributed by atoms with Crippen molar-refractivity contribution in [3.63, 3.8) is 0 Å². The van der Waals surface area contributed by atoms with Crippen molar-refractivity contribution in [3.05, 3.63) is 12.2 Å².